The zero-order valence-corrected chi connectivity index (χ0v) is 16.6. The Kier molecular flexibility index (Phi) is 9.22. The van der Waals surface area contributed by atoms with Gasteiger partial charge in [-0.25, -0.2) is 4.79 Å². The summed E-state index contributed by atoms with van der Waals surface area (Å²) >= 11 is 0. The van der Waals surface area contributed by atoms with Gasteiger partial charge in [0, 0.05) is 12.5 Å². The van der Waals surface area contributed by atoms with Crippen LogP contribution in [0.25, 0.3) is 12.2 Å². The summed E-state index contributed by atoms with van der Waals surface area (Å²) in [6, 6.07) is 15.2. The van der Waals surface area contributed by atoms with Gasteiger partial charge in [-0.05, 0) is 48.2 Å². The maximum absolute atomic E-state index is 11.3. The normalized spacial score (nSPS) is 10.5. The Bertz CT molecular complexity index is 819. The Morgan fingerprint density at radius 3 is 1.97 bits per heavy atom. The third-order valence-corrected chi connectivity index (χ3v) is 3.97. The van der Waals surface area contributed by atoms with Crippen LogP contribution >= 0.6 is 0 Å². The first-order valence-corrected chi connectivity index (χ1v) is 9.61. The predicted octanol–water partition coefficient (Wildman–Crippen LogP) is 5.06. The van der Waals surface area contributed by atoms with Crippen LogP contribution in [0.2, 0.25) is 0 Å². The summed E-state index contributed by atoms with van der Waals surface area (Å²) in [6.07, 6.45) is 7.06. The number of benzene rings is 2. The molecule has 152 valence electrons. The highest BCUT2D eigenvalue weighted by Gasteiger charge is 2.01. The van der Waals surface area contributed by atoms with Gasteiger partial charge in [-0.3, -0.25) is 4.79 Å². The number of esters is 2. The van der Waals surface area contributed by atoms with E-state index in [1.807, 2.05) is 48.6 Å². The fraction of sp³-hybridized carbons (Fsp3) is 0.250. The Morgan fingerprint density at radius 2 is 1.41 bits per heavy atom. The van der Waals surface area contributed by atoms with E-state index in [1.165, 1.54) is 0 Å². The minimum Gasteiger partial charge on any atom is -0.494 e. The van der Waals surface area contributed by atoms with Gasteiger partial charge in [0.15, 0.2) is 0 Å². The molecule has 0 aliphatic rings. The standard InChI is InChI=1S/C24H26O5/c1-3-23(25)28-18-6-5-17-27-21-13-9-19(10-14-21)7-8-20-11-15-22(16-12-20)29-24(26)4-2/h3,7-16H,1,4-6,17-18H2,2H3/b8-7+. The molecule has 2 aromatic rings. The lowest BCUT2D eigenvalue weighted by Gasteiger charge is -2.06. The van der Waals surface area contributed by atoms with E-state index < -0.39 is 5.97 Å². The van der Waals surface area contributed by atoms with Gasteiger partial charge in [-0.15, -0.1) is 0 Å². The molecule has 0 radical (unpaired) electrons. The first-order chi connectivity index (χ1) is 14.1. The lowest BCUT2D eigenvalue weighted by Crippen LogP contribution is -2.05. The van der Waals surface area contributed by atoms with E-state index in [0.29, 0.717) is 25.4 Å². The number of ether oxygens (including phenoxy) is 3. The van der Waals surface area contributed by atoms with E-state index in [0.717, 1.165) is 35.8 Å². The third kappa shape index (κ3) is 8.47. The van der Waals surface area contributed by atoms with E-state index in [-0.39, 0.29) is 5.97 Å². The average Bonchev–Trinajstić information content (AvgIpc) is 2.76. The summed E-state index contributed by atoms with van der Waals surface area (Å²) < 4.78 is 15.8. The van der Waals surface area contributed by atoms with Crippen molar-refractivity contribution in [1.29, 1.82) is 0 Å². The molecule has 0 unspecified atom stereocenters. The molecule has 0 heterocycles. The molecular formula is C24H26O5. The maximum Gasteiger partial charge on any atom is 0.330 e. The minimum absolute atomic E-state index is 0.244. The Labute approximate surface area is 171 Å². The van der Waals surface area contributed by atoms with Crippen molar-refractivity contribution < 1.29 is 23.8 Å². The number of carbonyl (C=O) groups excluding carboxylic acids is 2. The molecule has 5 nitrogen and oxygen atoms in total. The van der Waals surface area contributed by atoms with Crippen LogP contribution in [0.5, 0.6) is 11.5 Å². The highest BCUT2D eigenvalue weighted by Crippen LogP contribution is 2.17. The number of hydrogen-bond donors (Lipinski definition) is 0. The smallest absolute Gasteiger partial charge is 0.330 e. The Hall–Kier alpha value is -3.34. The molecule has 0 aliphatic carbocycles. The van der Waals surface area contributed by atoms with Crippen molar-refractivity contribution in [3.63, 3.8) is 0 Å². The predicted molar refractivity (Wildman–Crippen MR) is 114 cm³/mol. The van der Waals surface area contributed by atoms with Crippen LogP contribution in [-0.2, 0) is 14.3 Å². The summed E-state index contributed by atoms with van der Waals surface area (Å²) in [5.74, 6) is 0.707. The molecule has 0 saturated heterocycles. The molecule has 0 N–H and O–H groups in total. The quantitative estimate of drug-likeness (QED) is 0.175. The van der Waals surface area contributed by atoms with Crippen LogP contribution in [0.4, 0.5) is 0 Å². The van der Waals surface area contributed by atoms with Crippen LogP contribution in [-0.4, -0.2) is 25.2 Å². The fourth-order valence-electron chi connectivity index (χ4n) is 2.34. The monoisotopic (exact) mass is 394 g/mol. The second-order valence-corrected chi connectivity index (χ2v) is 6.23. The maximum atomic E-state index is 11.3. The largest absolute Gasteiger partial charge is 0.494 e. The number of rotatable bonds is 11. The van der Waals surface area contributed by atoms with Gasteiger partial charge in [-0.2, -0.15) is 0 Å². The second kappa shape index (κ2) is 12.2. The van der Waals surface area contributed by atoms with Crippen LogP contribution in [0, 0.1) is 0 Å². The van der Waals surface area contributed by atoms with Gasteiger partial charge in [-0.1, -0.05) is 49.9 Å². The number of unbranched alkanes of at least 4 members (excludes halogenated alkanes) is 1. The molecule has 0 spiro atoms. The Morgan fingerprint density at radius 1 is 0.862 bits per heavy atom. The van der Waals surface area contributed by atoms with Crippen molar-refractivity contribution in [3.05, 3.63) is 72.3 Å². The van der Waals surface area contributed by atoms with Gasteiger partial charge in [0.25, 0.3) is 0 Å². The highest BCUT2D eigenvalue weighted by atomic mass is 16.5. The summed E-state index contributed by atoms with van der Waals surface area (Å²) in [5.41, 5.74) is 2.06. The summed E-state index contributed by atoms with van der Waals surface area (Å²) in [6.45, 7) is 6.05. The van der Waals surface area contributed by atoms with Gasteiger partial charge in [0.1, 0.15) is 11.5 Å². The first kappa shape index (κ1) is 22.0. The average molecular weight is 394 g/mol. The molecule has 0 aliphatic heterocycles. The second-order valence-electron chi connectivity index (χ2n) is 6.23. The molecular weight excluding hydrogens is 368 g/mol. The van der Waals surface area contributed by atoms with E-state index in [1.54, 1.807) is 19.1 Å². The zero-order valence-electron chi connectivity index (χ0n) is 16.6. The minimum atomic E-state index is -0.398. The van der Waals surface area contributed by atoms with Gasteiger partial charge in [0.2, 0.25) is 0 Å². The lowest BCUT2D eigenvalue weighted by atomic mass is 10.1. The third-order valence-electron chi connectivity index (χ3n) is 3.97. The fourth-order valence-corrected chi connectivity index (χ4v) is 2.34. The molecule has 0 fully saturated rings. The van der Waals surface area contributed by atoms with Crippen molar-refractivity contribution in [2.45, 2.75) is 26.2 Å². The molecule has 0 atom stereocenters. The lowest BCUT2D eigenvalue weighted by molar-refractivity contribution is -0.138. The summed E-state index contributed by atoms with van der Waals surface area (Å²) in [4.78, 5) is 22.2. The first-order valence-electron chi connectivity index (χ1n) is 9.61. The van der Waals surface area contributed by atoms with Crippen molar-refractivity contribution >= 4 is 24.1 Å². The van der Waals surface area contributed by atoms with E-state index in [2.05, 4.69) is 6.58 Å². The molecule has 0 aromatic heterocycles. The van der Waals surface area contributed by atoms with Crippen LogP contribution < -0.4 is 9.47 Å². The van der Waals surface area contributed by atoms with Gasteiger partial charge in [0.05, 0.1) is 13.2 Å². The Balaban J connectivity index is 1.74. The van der Waals surface area contributed by atoms with Crippen LogP contribution in [0.3, 0.4) is 0 Å². The van der Waals surface area contributed by atoms with Gasteiger partial charge < -0.3 is 14.2 Å². The van der Waals surface area contributed by atoms with Crippen LogP contribution in [0.15, 0.2) is 61.2 Å². The van der Waals surface area contributed by atoms with E-state index in [9.17, 15) is 9.59 Å². The summed E-state index contributed by atoms with van der Waals surface area (Å²) in [7, 11) is 0. The summed E-state index contributed by atoms with van der Waals surface area (Å²) in [5, 5.41) is 0. The van der Waals surface area contributed by atoms with Crippen LogP contribution in [0.1, 0.15) is 37.3 Å². The van der Waals surface area contributed by atoms with Gasteiger partial charge >= 0.3 is 11.9 Å². The van der Waals surface area contributed by atoms with E-state index in [4.69, 9.17) is 14.2 Å². The molecule has 0 saturated carbocycles. The highest BCUT2D eigenvalue weighted by molar-refractivity contribution is 5.81. The molecule has 0 amide bonds. The zero-order chi connectivity index (χ0) is 20.9. The SMILES string of the molecule is C=CC(=O)OCCCCOc1ccc(/C=C/c2ccc(OC(=O)CC)cc2)cc1. The number of hydrogen-bond acceptors (Lipinski definition) is 5. The molecule has 29 heavy (non-hydrogen) atoms. The van der Waals surface area contributed by atoms with Crippen molar-refractivity contribution in [2.75, 3.05) is 13.2 Å². The topological polar surface area (TPSA) is 61.8 Å². The molecule has 5 heteroatoms. The molecule has 2 rings (SSSR count). The molecule has 0 bridgehead atoms. The van der Waals surface area contributed by atoms with Crippen molar-refractivity contribution in [1.82, 2.24) is 0 Å². The van der Waals surface area contributed by atoms with Crippen molar-refractivity contribution in [2.24, 2.45) is 0 Å². The van der Waals surface area contributed by atoms with E-state index >= 15 is 0 Å². The van der Waals surface area contributed by atoms with Crippen molar-refractivity contribution in [3.8, 4) is 11.5 Å². The molecule has 2 aromatic carbocycles. The number of carbonyl (C=O) groups is 2.